The van der Waals surface area contributed by atoms with Crippen molar-refractivity contribution in [3.63, 3.8) is 0 Å². The first-order valence-corrected chi connectivity index (χ1v) is 5.46. The van der Waals surface area contributed by atoms with Gasteiger partial charge in [0.25, 0.3) is 5.91 Å². The van der Waals surface area contributed by atoms with Crippen molar-refractivity contribution in [1.29, 1.82) is 0 Å². The predicted molar refractivity (Wildman–Crippen MR) is 61.0 cm³/mol. The molecule has 100 valence electrons. The summed E-state index contributed by atoms with van der Waals surface area (Å²) in [5, 5.41) is 20.7. The van der Waals surface area contributed by atoms with E-state index in [-0.39, 0.29) is 12.0 Å². The van der Waals surface area contributed by atoms with Gasteiger partial charge in [-0.2, -0.15) is 0 Å². The summed E-state index contributed by atoms with van der Waals surface area (Å²) < 4.78 is 25.9. The van der Waals surface area contributed by atoms with Crippen LogP contribution in [0.15, 0.2) is 18.2 Å². The zero-order chi connectivity index (χ0) is 13.8. The highest BCUT2D eigenvalue weighted by Crippen LogP contribution is 2.12. The average molecular weight is 259 g/mol. The van der Waals surface area contributed by atoms with Gasteiger partial charge in [-0.1, -0.05) is 6.92 Å². The van der Waals surface area contributed by atoms with Crippen molar-refractivity contribution in [3.05, 3.63) is 35.4 Å². The Balaban J connectivity index is 2.94. The van der Waals surface area contributed by atoms with Crippen molar-refractivity contribution < 1.29 is 23.8 Å². The maximum absolute atomic E-state index is 12.9. The van der Waals surface area contributed by atoms with Gasteiger partial charge in [-0.3, -0.25) is 4.79 Å². The summed E-state index contributed by atoms with van der Waals surface area (Å²) in [7, 11) is 0. The molecule has 0 radical (unpaired) electrons. The molecule has 0 aromatic heterocycles. The molecule has 0 saturated carbocycles. The number of carbonyl (C=O) groups is 1. The van der Waals surface area contributed by atoms with E-state index < -0.39 is 36.3 Å². The minimum absolute atomic E-state index is 0.202. The van der Waals surface area contributed by atoms with Gasteiger partial charge in [-0.25, -0.2) is 8.78 Å². The van der Waals surface area contributed by atoms with E-state index in [0.29, 0.717) is 6.07 Å². The van der Waals surface area contributed by atoms with Crippen LogP contribution in [0.2, 0.25) is 0 Å². The number of hydrogen-bond donors (Lipinski definition) is 3. The topological polar surface area (TPSA) is 69.6 Å². The maximum atomic E-state index is 12.9. The number of aliphatic hydroxyl groups excluding tert-OH is 2. The third kappa shape index (κ3) is 3.24. The number of amides is 1. The molecule has 0 aliphatic heterocycles. The molecule has 1 aromatic rings. The van der Waals surface area contributed by atoms with E-state index in [4.69, 9.17) is 10.2 Å². The van der Waals surface area contributed by atoms with E-state index in [2.05, 4.69) is 5.32 Å². The van der Waals surface area contributed by atoms with E-state index in [0.717, 1.165) is 12.1 Å². The summed E-state index contributed by atoms with van der Waals surface area (Å²) in [4.78, 5) is 11.8. The van der Waals surface area contributed by atoms with Gasteiger partial charge in [0.2, 0.25) is 0 Å². The second-order valence-electron chi connectivity index (χ2n) is 4.06. The number of benzene rings is 1. The molecule has 0 spiro atoms. The third-order valence-corrected chi connectivity index (χ3v) is 2.79. The lowest BCUT2D eigenvalue weighted by Gasteiger charge is -2.29. The molecule has 4 nitrogen and oxygen atoms in total. The van der Waals surface area contributed by atoms with Gasteiger partial charge in [-0.15, -0.1) is 0 Å². The van der Waals surface area contributed by atoms with Crippen molar-refractivity contribution in [2.24, 2.45) is 0 Å². The predicted octanol–water partition coefficient (Wildman–Crippen LogP) is 0.828. The minimum Gasteiger partial charge on any atom is -0.394 e. The van der Waals surface area contributed by atoms with Crippen molar-refractivity contribution in [1.82, 2.24) is 5.32 Å². The summed E-state index contributed by atoms with van der Waals surface area (Å²) in [5.74, 6) is -2.48. The van der Waals surface area contributed by atoms with Gasteiger partial charge < -0.3 is 15.5 Å². The molecule has 1 rings (SSSR count). The Bertz CT molecular complexity index is 405. The fraction of sp³-hybridized carbons (Fsp3) is 0.417. The van der Waals surface area contributed by atoms with Crippen LogP contribution in [-0.4, -0.2) is 34.9 Å². The van der Waals surface area contributed by atoms with Crippen molar-refractivity contribution >= 4 is 5.91 Å². The van der Waals surface area contributed by atoms with Crippen LogP contribution in [0.3, 0.4) is 0 Å². The zero-order valence-electron chi connectivity index (χ0n) is 9.91. The van der Waals surface area contributed by atoms with Crippen LogP contribution in [0, 0.1) is 11.6 Å². The van der Waals surface area contributed by atoms with Crippen LogP contribution in [0.4, 0.5) is 8.78 Å². The second-order valence-corrected chi connectivity index (χ2v) is 4.06. The summed E-state index contributed by atoms with van der Waals surface area (Å²) in [5.41, 5.74) is -1.40. The molecule has 1 aromatic carbocycles. The Hall–Kier alpha value is -1.53. The first-order chi connectivity index (χ1) is 8.46. The van der Waals surface area contributed by atoms with E-state index in [1.165, 1.54) is 0 Å². The van der Waals surface area contributed by atoms with Crippen LogP contribution >= 0.6 is 0 Å². The SMILES string of the molecule is CCC(CO)(CO)NC(=O)c1cc(F)cc(F)c1. The Morgan fingerprint density at radius 1 is 1.22 bits per heavy atom. The van der Waals surface area contributed by atoms with Crippen LogP contribution in [0.25, 0.3) is 0 Å². The number of halogens is 2. The summed E-state index contributed by atoms with van der Waals surface area (Å²) >= 11 is 0. The molecule has 0 fully saturated rings. The molecule has 0 atom stereocenters. The van der Waals surface area contributed by atoms with Gasteiger partial charge in [0.15, 0.2) is 0 Å². The molecule has 18 heavy (non-hydrogen) atoms. The largest absolute Gasteiger partial charge is 0.394 e. The van der Waals surface area contributed by atoms with Crippen molar-refractivity contribution in [2.75, 3.05) is 13.2 Å². The van der Waals surface area contributed by atoms with E-state index in [1.807, 2.05) is 0 Å². The standard InChI is InChI=1S/C12H15F2NO3/c1-2-12(6-16,7-17)15-11(18)8-3-9(13)5-10(14)4-8/h3-5,16-17H,2,6-7H2,1H3,(H,15,18). The van der Waals surface area contributed by atoms with Gasteiger partial charge in [0, 0.05) is 11.6 Å². The molecule has 0 heterocycles. The first-order valence-electron chi connectivity index (χ1n) is 5.46. The molecule has 0 aliphatic rings. The van der Waals surface area contributed by atoms with Crippen LogP contribution in [0.5, 0.6) is 0 Å². The van der Waals surface area contributed by atoms with Crippen molar-refractivity contribution in [3.8, 4) is 0 Å². The number of hydrogen-bond acceptors (Lipinski definition) is 3. The Morgan fingerprint density at radius 2 is 1.72 bits per heavy atom. The maximum Gasteiger partial charge on any atom is 0.252 e. The first kappa shape index (κ1) is 14.5. The Labute approximate surface area is 103 Å². The lowest BCUT2D eigenvalue weighted by atomic mass is 9.98. The van der Waals surface area contributed by atoms with Crippen LogP contribution in [-0.2, 0) is 0 Å². The smallest absolute Gasteiger partial charge is 0.252 e. The highest BCUT2D eigenvalue weighted by Gasteiger charge is 2.29. The monoisotopic (exact) mass is 259 g/mol. The fourth-order valence-corrected chi connectivity index (χ4v) is 1.44. The number of carbonyl (C=O) groups excluding carboxylic acids is 1. The average Bonchev–Trinajstić information content (AvgIpc) is 2.35. The Morgan fingerprint density at radius 3 is 2.11 bits per heavy atom. The Kier molecular flexibility index (Phi) is 4.75. The molecule has 3 N–H and O–H groups in total. The van der Waals surface area contributed by atoms with E-state index in [9.17, 15) is 13.6 Å². The van der Waals surface area contributed by atoms with Gasteiger partial charge in [-0.05, 0) is 18.6 Å². The van der Waals surface area contributed by atoms with Gasteiger partial charge in [0.05, 0.1) is 18.8 Å². The van der Waals surface area contributed by atoms with Crippen molar-refractivity contribution in [2.45, 2.75) is 18.9 Å². The number of rotatable bonds is 5. The molecule has 1 amide bonds. The quantitative estimate of drug-likeness (QED) is 0.733. The summed E-state index contributed by atoms with van der Waals surface area (Å²) in [6, 6.07) is 2.42. The molecular formula is C12H15F2NO3. The second kappa shape index (κ2) is 5.88. The number of aliphatic hydroxyl groups is 2. The minimum atomic E-state index is -1.19. The van der Waals surface area contributed by atoms with Gasteiger partial charge >= 0.3 is 0 Å². The van der Waals surface area contributed by atoms with Gasteiger partial charge in [0.1, 0.15) is 11.6 Å². The van der Waals surface area contributed by atoms with Crippen LogP contribution < -0.4 is 5.32 Å². The molecule has 0 aliphatic carbocycles. The fourth-order valence-electron chi connectivity index (χ4n) is 1.44. The number of nitrogens with one attached hydrogen (secondary N) is 1. The lowest BCUT2D eigenvalue weighted by molar-refractivity contribution is 0.0652. The molecular weight excluding hydrogens is 244 g/mol. The molecule has 6 heteroatoms. The molecule has 0 unspecified atom stereocenters. The zero-order valence-corrected chi connectivity index (χ0v) is 9.91. The summed E-state index contributed by atoms with van der Waals surface area (Å²) in [6.07, 6.45) is 0.281. The summed E-state index contributed by atoms with van der Waals surface area (Å²) in [6.45, 7) is 0.728. The highest BCUT2D eigenvalue weighted by molar-refractivity contribution is 5.94. The lowest BCUT2D eigenvalue weighted by Crippen LogP contribution is -2.53. The normalized spacial score (nSPS) is 11.4. The third-order valence-electron chi connectivity index (χ3n) is 2.79. The molecule has 0 saturated heterocycles. The van der Waals surface area contributed by atoms with Crippen LogP contribution in [0.1, 0.15) is 23.7 Å². The van der Waals surface area contributed by atoms with E-state index in [1.54, 1.807) is 6.92 Å². The van der Waals surface area contributed by atoms with E-state index >= 15 is 0 Å². The highest BCUT2D eigenvalue weighted by atomic mass is 19.1. The molecule has 0 bridgehead atoms.